The molecule has 1 aliphatic carbocycles. The summed E-state index contributed by atoms with van der Waals surface area (Å²) in [6.07, 6.45) is 3.61. The Labute approximate surface area is 107 Å². The molecule has 2 N–H and O–H groups in total. The lowest BCUT2D eigenvalue weighted by molar-refractivity contribution is 0.644. The van der Waals surface area contributed by atoms with Crippen molar-refractivity contribution in [1.82, 2.24) is 10.6 Å². The highest BCUT2D eigenvalue weighted by atomic mass is 32.1. The molecule has 0 bridgehead atoms. The largest absolute Gasteiger partial charge is 0.354 e. The lowest BCUT2D eigenvalue weighted by Gasteiger charge is -2.17. The van der Waals surface area contributed by atoms with Gasteiger partial charge in [-0.3, -0.25) is 4.99 Å². The summed E-state index contributed by atoms with van der Waals surface area (Å²) in [5.41, 5.74) is 0. The molecule has 1 aliphatic rings. The number of nitrogens with one attached hydrogen (secondary N) is 2. The number of rotatable bonds is 4. The summed E-state index contributed by atoms with van der Waals surface area (Å²) < 4.78 is 0. The zero-order valence-electron chi connectivity index (χ0n) is 10.8. The van der Waals surface area contributed by atoms with Crippen molar-refractivity contribution in [3.8, 4) is 0 Å². The number of aryl methyl sites for hydroxylation is 1. The van der Waals surface area contributed by atoms with Gasteiger partial charge in [0.25, 0.3) is 0 Å². The fraction of sp³-hybridized carbons (Fsp3) is 0.615. The van der Waals surface area contributed by atoms with Gasteiger partial charge in [-0.1, -0.05) is 0 Å². The van der Waals surface area contributed by atoms with Gasteiger partial charge < -0.3 is 10.6 Å². The first-order chi connectivity index (χ1) is 8.17. The molecule has 1 heterocycles. The van der Waals surface area contributed by atoms with Crippen molar-refractivity contribution < 1.29 is 0 Å². The topological polar surface area (TPSA) is 36.4 Å². The van der Waals surface area contributed by atoms with Gasteiger partial charge in [-0.15, -0.1) is 11.3 Å². The molecule has 0 radical (unpaired) electrons. The highest BCUT2D eigenvalue weighted by Crippen LogP contribution is 2.19. The fourth-order valence-corrected chi connectivity index (χ4v) is 2.79. The second-order valence-corrected chi connectivity index (χ2v) is 6.13. The second-order valence-electron chi connectivity index (χ2n) is 4.75. The average molecular weight is 251 g/mol. The van der Waals surface area contributed by atoms with Crippen LogP contribution in [0.25, 0.3) is 0 Å². The molecule has 1 fully saturated rings. The number of nitrogens with zero attached hydrogens (tertiary/aromatic N) is 1. The number of hydrogen-bond donors (Lipinski definition) is 2. The van der Waals surface area contributed by atoms with Gasteiger partial charge in [-0.25, -0.2) is 0 Å². The fourth-order valence-electron chi connectivity index (χ4n) is 1.77. The summed E-state index contributed by atoms with van der Waals surface area (Å²) in [5.74, 6) is 0.938. The van der Waals surface area contributed by atoms with Crippen LogP contribution in [-0.2, 0) is 6.42 Å². The summed E-state index contributed by atoms with van der Waals surface area (Å²) in [6.45, 7) is 4.36. The van der Waals surface area contributed by atoms with Crippen LogP contribution in [-0.4, -0.2) is 25.1 Å². The van der Waals surface area contributed by atoms with E-state index in [4.69, 9.17) is 0 Å². The zero-order valence-corrected chi connectivity index (χ0v) is 11.6. The summed E-state index contributed by atoms with van der Waals surface area (Å²) in [4.78, 5) is 7.07. The number of hydrogen-bond acceptors (Lipinski definition) is 2. The Kier molecular flexibility index (Phi) is 4.05. The Balaban J connectivity index is 1.80. The molecule has 0 spiro atoms. The van der Waals surface area contributed by atoms with Crippen LogP contribution in [0.2, 0.25) is 0 Å². The molecular formula is C13H21N3S. The van der Waals surface area contributed by atoms with E-state index in [0.29, 0.717) is 12.1 Å². The maximum atomic E-state index is 4.25. The lowest BCUT2D eigenvalue weighted by atomic mass is 10.2. The van der Waals surface area contributed by atoms with Crippen LogP contribution in [0.3, 0.4) is 0 Å². The third-order valence-electron chi connectivity index (χ3n) is 2.83. The molecule has 0 saturated heterocycles. The number of aliphatic imine (C=N–C) groups is 1. The monoisotopic (exact) mass is 251 g/mol. The summed E-state index contributed by atoms with van der Waals surface area (Å²) in [6, 6.07) is 5.47. The van der Waals surface area contributed by atoms with E-state index in [9.17, 15) is 0 Å². The Morgan fingerprint density at radius 1 is 1.53 bits per heavy atom. The SMILES string of the molecule is CN=C(NC(C)Cc1ccc(C)s1)NC1CC1. The maximum absolute atomic E-state index is 4.25. The van der Waals surface area contributed by atoms with Crippen molar-refractivity contribution in [2.24, 2.45) is 4.99 Å². The third kappa shape index (κ3) is 4.04. The molecular weight excluding hydrogens is 230 g/mol. The van der Waals surface area contributed by atoms with Crippen molar-refractivity contribution in [2.45, 2.75) is 45.2 Å². The van der Waals surface area contributed by atoms with Crippen LogP contribution in [0.4, 0.5) is 0 Å². The number of guanidine groups is 1. The first kappa shape index (κ1) is 12.4. The van der Waals surface area contributed by atoms with Crippen LogP contribution in [0, 0.1) is 6.92 Å². The van der Waals surface area contributed by atoms with E-state index in [2.05, 4.69) is 41.6 Å². The molecule has 0 amide bonds. The van der Waals surface area contributed by atoms with Crippen LogP contribution < -0.4 is 10.6 Å². The van der Waals surface area contributed by atoms with Crippen molar-refractivity contribution in [1.29, 1.82) is 0 Å². The quantitative estimate of drug-likeness (QED) is 0.636. The van der Waals surface area contributed by atoms with E-state index in [-0.39, 0.29) is 0 Å². The van der Waals surface area contributed by atoms with Gasteiger partial charge in [0.05, 0.1) is 0 Å². The van der Waals surface area contributed by atoms with Crippen LogP contribution >= 0.6 is 11.3 Å². The van der Waals surface area contributed by atoms with Crippen LogP contribution in [0.5, 0.6) is 0 Å². The average Bonchev–Trinajstić information content (AvgIpc) is 3.01. The smallest absolute Gasteiger partial charge is 0.191 e. The van der Waals surface area contributed by atoms with E-state index in [1.807, 2.05) is 18.4 Å². The first-order valence-electron chi connectivity index (χ1n) is 6.22. The van der Waals surface area contributed by atoms with E-state index in [0.717, 1.165) is 12.4 Å². The Morgan fingerprint density at radius 3 is 2.82 bits per heavy atom. The van der Waals surface area contributed by atoms with Gasteiger partial charge >= 0.3 is 0 Å². The summed E-state index contributed by atoms with van der Waals surface area (Å²) >= 11 is 1.88. The molecule has 1 aromatic rings. The van der Waals surface area contributed by atoms with E-state index < -0.39 is 0 Å². The molecule has 1 aromatic heterocycles. The highest BCUT2D eigenvalue weighted by molar-refractivity contribution is 7.11. The summed E-state index contributed by atoms with van der Waals surface area (Å²) in [5, 5.41) is 6.85. The van der Waals surface area contributed by atoms with Gasteiger partial charge in [-0.2, -0.15) is 0 Å². The number of thiophene rings is 1. The lowest BCUT2D eigenvalue weighted by Crippen LogP contribution is -2.43. The Bertz CT molecular complexity index is 393. The molecule has 1 atom stereocenters. The van der Waals surface area contributed by atoms with Crippen molar-refractivity contribution in [3.05, 3.63) is 21.9 Å². The van der Waals surface area contributed by atoms with E-state index in [1.54, 1.807) is 0 Å². The predicted octanol–water partition coefficient (Wildman–Crippen LogP) is 2.31. The first-order valence-corrected chi connectivity index (χ1v) is 7.04. The van der Waals surface area contributed by atoms with Gasteiger partial charge in [0.15, 0.2) is 5.96 Å². The highest BCUT2D eigenvalue weighted by Gasteiger charge is 2.22. The van der Waals surface area contributed by atoms with Crippen LogP contribution in [0.1, 0.15) is 29.5 Å². The Hall–Kier alpha value is -1.03. The van der Waals surface area contributed by atoms with Gasteiger partial charge in [0.1, 0.15) is 0 Å². The molecule has 1 unspecified atom stereocenters. The molecule has 0 aromatic carbocycles. The molecule has 94 valence electrons. The molecule has 2 rings (SSSR count). The minimum absolute atomic E-state index is 0.415. The molecule has 17 heavy (non-hydrogen) atoms. The molecule has 3 nitrogen and oxygen atoms in total. The summed E-state index contributed by atoms with van der Waals surface area (Å²) in [7, 11) is 1.83. The van der Waals surface area contributed by atoms with E-state index >= 15 is 0 Å². The van der Waals surface area contributed by atoms with Gasteiger partial charge in [0, 0.05) is 35.3 Å². The minimum Gasteiger partial charge on any atom is -0.354 e. The Morgan fingerprint density at radius 2 is 2.29 bits per heavy atom. The van der Waals surface area contributed by atoms with Crippen molar-refractivity contribution in [2.75, 3.05) is 7.05 Å². The van der Waals surface area contributed by atoms with Crippen molar-refractivity contribution in [3.63, 3.8) is 0 Å². The second kappa shape index (κ2) is 5.54. The normalized spacial score (nSPS) is 17.9. The molecule has 4 heteroatoms. The molecule has 0 aliphatic heterocycles. The van der Waals surface area contributed by atoms with Crippen LogP contribution in [0.15, 0.2) is 17.1 Å². The zero-order chi connectivity index (χ0) is 12.3. The minimum atomic E-state index is 0.415. The molecule has 1 saturated carbocycles. The van der Waals surface area contributed by atoms with Crippen molar-refractivity contribution >= 4 is 17.3 Å². The standard InChI is InChI=1S/C13H21N3S/c1-9(8-12-7-4-10(2)17-12)15-13(14-3)16-11-5-6-11/h4,7,9,11H,5-6,8H2,1-3H3,(H2,14,15,16). The van der Waals surface area contributed by atoms with Gasteiger partial charge in [0.2, 0.25) is 0 Å². The van der Waals surface area contributed by atoms with Gasteiger partial charge in [-0.05, 0) is 38.8 Å². The predicted molar refractivity (Wildman–Crippen MR) is 74.9 cm³/mol. The third-order valence-corrected chi connectivity index (χ3v) is 3.85. The maximum Gasteiger partial charge on any atom is 0.191 e. The van der Waals surface area contributed by atoms with E-state index in [1.165, 1.54) is 22.6 Å².